The summed E-state index contributed by atoms with van der Waals surface area (Å²) in [5.74, 6) is 1.40. The fourth-order valence-corrected chi connectivity index (χ4v) is 3.01. The van der Waals surface area contributed by atoms with Gasteiger partial charge >= 0.3 is 5.97 Å². The molecule has 0 atom stereocenters. The molecular formula is C17H17N3O3S. The van der Waals surface area contributed by atoms with Crippen LogP contribution in [0.2, 0.25) is 0 Å². The maximum atomic E-state index is 11.2. The average molecular weight is 343 g/mol. The van der Waals surface area contributed by atoms with Gasteiger partial charge in [-0.15, -0.1) is 10.2 Å². The lowest BCUT2D eigenvalue weighted by Crippen LogP contribution is -2.06. The molecule has 124 valence electrons. The number of nitrogens with zero attached hydrogens (tertiary/aromatic N) is 3. The number of carbonyl (C=O) groups is 1. The highest BCUT2D eigenvalue weighted by molar-refractivity contribution is 7.99. The van der Waals surface area contributed by atoms with E-state index in [0.717, 1.165) is 16.5 Å². The van der Waals surface area contributed by atoms with Crippen molar-refractivity contribution in [3.05, 3.63) is 48.3 Å². The number of benzene rings is 2. The van der Waals surface area contributed by atoms with Crippen LogP contribution in [0.5, 0.6) is 5.75 Å². The number of aromatic nitrogens is 3. The Bertz CT molecular complexity index is 858. The van der Waals surface area contributed by atoms with E-state index < -0.39 is 0 Å². The Balaban J connectivity index is 1.70. The van der Waals surface area contributed by atoms with Crippen LogP contribution in [-0.4, -0.2) is 33.6 Å². The van der Waals surface area contributed by atoms with E-state index in [0.29, 0.717) is 17.6 Å². The average Bonchev–Trinajstić information content (AvgIpc) is 2.97. The summed E-state index contributed by atoms with van der Waals surface area (Å²) in [4.78, 5) is 11.2. The Morgan fingerprint density at radius 1 is 1.17 bits per heavy atom. The minimum atomic E-state index is -0.295. The molecule has 0 aliphatic carbocycles. The van der Waals surface area contributed by atoms with Crippen molar-refractivity contribution in [2.75, 3.05) is 12.9 Å². The van der Waals surface area contributed by atoms with Crippen molar-refractivity contribution in [3.63, 3.8) is 0 Å². The molecule has 2 aromatic carbocycles. The first kappa shape index (κ1) is 16.3. The zero-order chi connectivity index (χ0) is 16.9. The molecule has 0 aliphatic heterocycles. The second-order valence-electron chi connectivity index (χ2n) is 5.09. The first-order valence-electron chi connectivity index (χ1n) is 7.37. The number of ether oxygens (including phenoxy) is 2. The van der Waals surface area contributed by atoms with Crippen LogP contribution in [0.1, 0.15) is 5.82 Å². The summed E-state index contributed by atoms with van der Waals surface area (Å²) < 4.78 is 12.4. The SMILES string of the molecule is COC(=O)CSc1nnc(COc2cccc3ccccc23)n1C. The number of methoxy groups -OCH3 is 1. The molecule has 1 aromatic heterocycles. The predicted molar refractivity (Wildman–Crippen MR) is 92.0 cm³/mol. The first-order valence-corrected chi connectivity index (χ1v) is 8.36. The van der Waals surface area contributed by atoms with Crippen LogP contribution in [0.3, 0.4) is 0 Å². The third-order valence-corrected chi connectivity index (χ3v) is 4.57. The fourth-order valence-electron chi connectivity index (χ4n) is 2.24. The van der Waals surface area contributed by atoms with Crippen LogP contribution in [0.25, 0.3) is 10.8 Å². The van der Waals surface area contributed by atoms with E-state index in [2.05, 4.69) is 14.9 Å². The van der Waals surface area contributed by atoms with Crippen LogP contribution in [0.15, 0.2) is 47.6 Å². The van der Waals surface area contributed by atoms with Crippen molar-refractivity contribution in [1.82, 2.24) is 14.8 Å². The Hall–Kier alpha value is -2.54. The van der Waals surface area contributed by atoms with Crippen LogP contribution in [-0.2, 0) is 23.2 Å². The van der Waals surface area contributed by atoms with E-state index in [1.807, 2.05) is 54.1 Å². The molecular weight excluding hydrogens is 326 g/mol. The number of hydrogen-bond acceptors (Lipinski definition) is 6. The molecule has 0 saturated carbocycles. The lowest BCUT2D eigenvalue weighted by Gasteiger charge is -2.09. The molecule has 3 aromatic rings. The zero-order valence-electron chi connectivity index (χ0n) is 13.4. The van der Waals surface area contributed by atoms with Gasteiger partial charge in [0.25, 0.3) is 0 Å². The Kier molecular flexibility index (Phi) is 5.00. The molecule has 0 saturated heterocycles. The van der Waals surface area contributed by atoms with Crippen LogP contribution < -0.4 is 4.74 Å². The highest BCUT2D eigenvalue weighted by Gasteiger charge is 2.12. The van der Waals surface area contributed by atoms with Gasteiger partial charge in [0, 0.05) is 12.4 Å². The van der Waals surface area contributed by atoms with Gasteiger partial charge in [-0.05, 0) is 11.5 Å². The molecule has 0 amide bonds. The van der Waals surface area contributed by atoms with Crippen molar-refractivity contribution < 1.29 is 14.3 Å². The monoisotopic (exact) mass is 343 g/mol. The zero-order valence-corrected chi connectivity index (χ0v) is 14.2. The largest absolute Gasteiger partial charge is 0.485 e. The van der Waals surface area contributed by atoms with E-state index in [4.69, 9.17) is 4.74 Å². The molecule has 6 nitrogen and oxygen atoms in total. The summed E-state index contributed by atoms with van der Waals surface area (Å²) in [5, 5.41) is 11.0. The van der Waals surface area contributed by atoms with E-state index in [1.165, 1.54) is 18.9 Å². The van der Waals surface area contributed by atoms with E-state index >= 15 is 0 Å². The summed E-state index contributed by atoms with van der Waals surface area (Å²) in [7, 11) is 3.21. The number of thioether (sulfide) groups is 1. The van der Waals surface area contributed by atoms with Gasteiger partial charge in [-0.3, -0.25) is 4.79 Å². The van der Waals surface area contributed by atoms with Crippen LogP contribution in [0.4, 0.5) is 0 Å². The topological polar surface area (TPSA) is 66.2 Å². The van der Waals surface area contributed by atoms with E-state index in [1.54, 1.807) is 0 Å². The summed E-state index contributed by atoms with van der Waals surface area (Å²) in [5.41, 5.74) is 0. The summed E-state index contributed by atoms with van der Waals surface area (Å²) in [6.07, 6.45) is 0. The van der Waals surface area contributed by atoms with Gasteiger partial charge in [0.15, 0.2) is 11.0 Å². The van der Waals surface area contributed by atoms with Crippen molar-refractivity contribution in [2.45, 2.75) is 11.8 Å². The molecule has 0 unspecified atom stereocenters. The minimum absolute atomic E-state index is 0.201. The second kappa shape index (κ2) is 7.35. The van der Waals surface area contributed by atoms with E-state index in [9.17, 15) is 4.79 Å². The third-order valence-electron chi connectivity index (χ3n) is 3.58. The molecule has 0 fully saturated rings. The number of carbonyl (C=O) groups excluding carboxylic acids is 1. The van der Waals surface area contributed by atoms with Gasteiger partial charge in [0.1, 0.15) is 12.4 Å². The molecule has 1 heterocycles. The molecule has 0 N–H and O–H groups in total. The van der Waals surface area contributed by atoms with Gasteiger partial charge in [-0.2, -0.15) is 0 Å². The molecule has 0 bridgehead atoms. The summed E-state index contributed by atoms with van der Waals surface area (Å²) in [6.45, 7) is 0.302. The molecule has 0 radical (unpaired) electrons. The molecule has 0 aliphatic rings. The Labute approximate surface area is 143 Å². The molecule has 3 rings (SSSR count). The number of hydrogen-bond donors (Lipinski definition) is 0. The maximum Gasteiger partial charge on any atom is 0.316 e. The van der Waals surface area contributed by atoms with Crippen LogP contribution >= 0.6 is 11.8 Å². The van der Waals surface area contributed by atoms with Gasteiger partial charge in [-0.25, -0.2) is 0 Å². The highest BCUT2D eigenvalue weighted by atomic mass is 32.2. The maximum absolute atomic E-state index is 11.2. The normalized spacial score (nSPS) is 10.8. The predicted octanol–water partition coefficient (Wildman–Crippen LogP) is 2.81. The van der Waals surface area contributed by atoms with Gasteiger partial charge in [0.2, 0.25) is 0 Å². The third kappa shape index (κ3) is 3.51. The van der Waals surface area contributed by atoms with Crippen molar-refractivity contribution in [1.29, 1.82) is 0 Å². The molecule has 24 heavy (non-hydrogen) atoms. The Morgan fingerprint density at radius 3 is 2.79 bits per heavy atom. The minimum Gasteiger partial charge on any atom is -0.485 e. The van der Waals surface area contributed by atoms with Crippen molar-refractivity contribution in [3.8, 4) is 5.75 Å². The number of rotatable bonds is 6. The number of esters is 1. The van der Waals surface area contributed by atoms with Crippen molar-refractivity contribution in [2.24, 2.45) is 7.05 Å². The van der Waals surface area contributed by atoms with Gasteiger partial charge in [0.05, 0.1) is 12.9 Å². The van der Waals surface area contributed by atoms with Gasteiger partial charge in [-0.1, -0.05) is 48.2 Å². The Morgan fingerprint density at radius 2 is 1.96 bits per heavy atom. The summed E-state index contributed by atoms with van der Waals surface area (Å²) in [6, 6.07) is 14.0. The summed E-state index contributed by atoms with van der Waals surface area (Å²) >= 11 is 1.28. The van der Waals surface area contributed by atoms with Gasteiger partial charge < -0.3 is 14.0 Å². The number of fused-ring (bicyclic) bond motifs is 1. The standard InChI is InChI=1S/C17H17N3O3S/c1-20-15(18-19-17(20)24-11-16(21)22-2)10-23-14-9-5-7-12-6-3-4-8-13(12)14/h3-9H,10-11H2,1-2H3. The lowest BCUT2D eigenvalue weighted by atomic mass is 10.1. The highest BCUT2D eigenvalue weighted by Crippen LogP contribution is 2.26. The smallest absolute Gasteiger partial charge is 0.316 e. The first-order chi connectivity index (χ1) is 11.7. The lowest BCUT2D eigenvalue weighted by molar-refractivity contribution is -0.137. The van der Waals surface area contributed by atoms with Crippen LogP contribution in [0, 0.1) is 0 Å². The quantitative estimate of drug-likeness (QED) is 0.506. The van der Waals surface area contributed by atoms with Crippen molar-refractivity contribution >= 4 is 28.5 Å². The molecule has 0 spiro atoms. The van der Waals surface area contributed by atoms with E-state index in [-0.39, 0.29) is 11.7 Å². The fraction of sp³-hybridized carbons (Fsp3) is 0.235. The molecule has 7 heteroatoms. The second-order valence-corrected chi connectivity index (χ2v) is 6.03.